The summed E-state index contributed by atoms with van der Waals surface area (Å²) in [6.07, 6.45) is 4.29. The van der Waals surface area contributed by atoms with Crippen LogP contribution in [-0.4, -0.2) is 31.6 Å². The number of carbonyl (C=O) groups excluding carboxylic acids is 2. The van der Waals surface area contributed by atoms with E-state index in [-0.39, 0.29) is 18.4 Å². The fourth-order valence-electron chi connectivity index (χ4n) is 4.04. The van der Waals surface area contributed by atoms with Gasteiger partial charge in [-0.15, -0.1) is 0 Å². The highest BCUT2D eigenvalue weighted by atomic mass is 16.5. The van der Waals surface area contributed by atoms with Gasteiger partial charge in [0.15, 0.2) is 23.9 Å². The summed E-state index contributed by atoms with van der Waals surface area (Å²) in [5, 5.41) is 0. The highest BCUT2D eigenvalue weighted by Gasteiger charge is 2.44. The molecule has 0 aromatic heterocycles. The third kappa shape index (κ3) is 3.61. The van der Waals surface area contributed by atoms with Crippen LogP contribution in [0.5, 0.6) is 11.5 Å². The van der Waals surface area contributed by atoms with E-state index in [2.05, 4.69) is 0 Å². The minimum atomic E-state index is -0.633. The number of esters is 1. The SMILES string of the molecule is O=C(COC(=O)C1(c2ccccc2)CCCC1)c1ccc2c(c1)OCCCO2. The number of carbonyl (C=O) groups is 2. The number of fused-ring (bicyclic) bond motifs is 1. The molecule has 0 saturated heterocycles. The molecular formula is C23H24O5. The van der Waals surface area contributed by atoms with Crippen LogP contribution >= 0.6 is 0 Å². The van der Waals surface area contributed by atoms with Crippen molar-refractivity contribution in [2.24, 2.45) is 0 Å². The predicted octanol–water partition coefficient (Wildman–Crippen LogP) is 4.09. The number of benzene rings is 2. The monoisotopic (exact) mass is 380 g/mol. The minimum Gasteiger partial charge on any atom is -0.490 e. The maximum Gasteiger partial charge on any atom is 0.317 e. The Kier molecular flexibility index (Phi) is 5.33. The van der Waals surface area contributed by atoms with Gasteiger partial charge in [-0.05, 0) is 36.6 Å². The second-order valence-electron chi connectivity index (χ2n) is 7.37. The van der Waals surface area contributed by atoms with Gasteiger partial charge in [0.25, 0.3) is 0 Å². The third-order valence-electron chi connectivity index (χ3n) is 5.58. The Labute approximate surface area is 164 Å². The Morgan fingerprint density at radius 1 is 0.893 bits per heavy atom. The maximum atomic E-state index is 13.0. The highest BCUT2D eigenvalue weighted by molar-refractivity contribution is 5.99. The van der Waals surface area contributed by atoms with E-state index in [0.29, 0.717) is 30.3 Å². The number of ether oxygens (including phenoxy) is 3. The molecule has 5 nitrogen and oxygen atoms in total. The summed E-state index contributed by atoms with van der Waals surface area (Å²) >= 11 is 0. The van der Waals surface area contributed by atoms with Crippen molar-refractivity contribution in [2.45, 2.75) is 37.5 Å². The number of Topliss-reactive ketones (excluding diaryl/α,β-unsaturated/α-hetero) is 1. The van der Waals surface area contributed by atoms with Gasteiger partial charge in [-0.1, -0.05) is 43.2 Å². The summed E-state index contributed by atoms with van der Waals surface area (Å²) in [5.41, 5.74) is 0.796. The van der Waals surface area contributed by atoms with Crippen LogP contribution in [0.1, 0.15) is 48.0 Å². The van der Waals surface area contributed by atoms with Crippen molar-refractivity contribution < 1.29 is 23.8 Å². The molecule has 4 rings (SSSR count). The quantitative estimate of drug-likeness (QED) is 0.578. The summed E-state index contributed by atoms with van der Waals surface area (Å²) in [4.78, 5) is 25.6. The lowest BCUT2D eigenvalue weighted by molar-refractivity contribution is -0.149. The lowest BCUT2D eigenvalue weighted by atomic mass is 9.79. The first kappa shape index (κ1) is 18.5. The largest absolute Gasteiger partial charge is 0.490 e. The Hall–Kier alpha value is -2.82. The number of rotatable bonds is 5. The van der Waals surface area contributed by atoms with Gasteiger partial charge < -0.3 is 14.2 Å². The number of hydrogen-bond donors (Lipinski definition) is 0. The van der Waals surface area contributed by atoms with Gasteiger partial charge in [-0.3, -0.25) is 9.59 Å². The molecule has 1 fully saturated rings. The van der Waals surface area contributed by atoms with Crippen LogP contribution in [0.25, 0.3) is 0 Å². The third-order valence-corrected chi connectivity index (χ3v) is 5.58. The average molecular weight is 380 g/mol. The Morgan fingerprint density at radius 3 is 2.36 bits per heavy atom. The van der Waals surface area contributed by atoms with Crippen LogP contribution in [-0.2, 0) is 14.9 Å². The molecule has 0 bridgehead atoms. The normalized spacial score (nSPS) is 17.6. The number of ketones is 1. The summed E-state index contributed by atoms with van der Waals surface area (Å²) in [7, 11) is 0. The fourth-order valence-corrected chi connectivity index (χ4v) is 4.04. The highest BCUT2D eigenvalue weighted by Crippen LogP contribution is 2.42. The lowest BCUT2D eigenvalue weighted by Crippen LogP contribution is -2.35. The first-order chi connectivity index (χ1) is 13.7. The standard InChI is InChI=1S/C23H24O5/c24-19(17-9-10-20-21(15-17)27-14-6-13-26-20)16-28-22(25)23(11-4-5-12-23)18-7-2-1-3-8-18/h1-3,7-10,15H,4-6,11-14,16H2. The molecule has 1 saturated carbocycles. The summed E-state index contributed by atoms with van der Waals surface area (Å²) in [6, 6.07) is 14.8. The van der Waals surface area contributed by atoms with Gasteiger partial charge in [0.2, 0.25) is 0 Å². The molecular weight excluding hydrogens is 356 g/mol. The predicted molar refractivity (Wildman–Crippen MR) is 104 cm³/mol. The van der Waals surface area contributed by atoms with Gasteiger partial charge in [-0.2, -0.15) is 0 Å². The van der Waals surface area contributed by atoms with Crippen LogP contribution < -0.4 is 9.47 Å². The van der Waals surface area contributed by atoms with E-state index in [9.17, 15) is 9.59 Å². The van der Waals surface area contributed by atoms with E-state index in [4.69, 9.17) is 14.2 Å². The van der Waals surface area contributed by atoms with Crippen LogP contribution in [0.3, 0.4) is 0 Å². The summed E-state index contributed by atoms with van der Waals surface area (Å²) in [5.74, 6) is 0.648. The molecule has 1 aliphatic carbocycles. The van der Waals surface area contributed by atoms with E-state index in [1.165, 1.54) is 0 Å². The second kappa shape index (κ2) is 8.05. The Morgan fingerprint density at radius 2 is 1.61 bits per heavy atom. The fraction of sp³-hybridized carbons (Fsp3) is 0.391. The van der Waals surface area contributed by atoms with Crippen molar-refractivity contribution in [1.82, 2.24) is 0 Å². The van der Waals surface area contributed by atoms with Gasteiger partial charge in [0, 0.05) is 12.0 Å². The molecule has 0 N–H and O–H groups in total. The molecule has 5 heteroatoms. The summed E-state index contributed by atoms with van der Waals surface area (Å²) < 4.78 is 16.7. The molecule has 2 aromatic carbocycles. The van der Waals surface area contributed by atoms with Crippen molar-refractivity contribution in [3.05, 3.63) is 59.7 Å². The van der Waals surface area contributed by atoms with Crippen LogP contribution in [0, 0.1) is 0 Å². The molecule has 146 valence electrons. The van der Waals surface area contributed by atoms with Crippen molar-refractivity contribution in [3.8, 4) is 11.5 Å². The van der Waals surface area contributed by atoms with Crippen molar-refractivity contribution in [1.29, 1.82) is 0 Å². The van der Waals surface area contributed by atoms with Gasteiger partial charge >= 0.3 is 5.97 Å². The maximum absolute atomic E-state index is 13.0. The van der Waals surface area contributed by atoms with Gasteiger partial charge in [0.05, 0.1) is 18.6 Å². The molecule has 2 aromatic rings. The van der Waals surface area contributed by atoms with Gasteiger partial charge in [-0.25, -0.2) is 0 Å². The molecule has 0 spiro atoms. The van der Waals surface area contributed by atoms with Crippen LogP contribution in [0.15, 0.2) is 48.5 Å². The zero-order valence-electron chi connectivity index (χ0n) is 15.8. The smallest absolute Gasteiger partial charge is 0.317 e. The Balaban J connectivity index is 1.45. The van der Waals surface area contributed by atoms with Crippen molar-refractivity contribution in [2.75, 3.05) is 19.8 Å². The Bertz CT molecular complexity index is 853. The zero-order valence-corrected chi connectivity index (χ0v) is 15.8. The second-order valence-corrected chi connectivity index (χ2v) is 7.37. The first-order valence-corrected chi connectivity index (χ1v) is 9.85. The molecule has 0 unspecified atom stereocenters. The molecule has 0 amide bonds. The molecule has 28 heavy (non-hydrogen) atoms. The topological polar surface area (TPSA) is 61.8 Å². The molecule has 0 atom stereocenters. The van der Waals surface area contributed by atoms with Crippen LogP contribution in [0.2, 0.25) is 0 Å². The summed E-state index contributed by atoms with van der Waals surface area (Å²) in [6.45, 7) is 0.881. The van der Waals surface area contributed by atoms with Crippen molar-refractivity contribution in [3.63, 3.8) is 0 Å². The van der Waals surface area contributed by atoms with E-state index in [1.54, 1.807) is 18.2 Å². The molecule has 2 aliphatic rings. The molecule has 1 heterocycles. The average Bonchev–Trinajstić information content (AvgIpc) is 3.12. The molecule has 1 aliphatic heterocycles. The lowest BCUT2D eigenvalue weighted by Gasteiger charge is -2.27. The van der Waals surface area contributed by atoms with E-state index in [0.717, 1.165) is 37.7 Å². The van der Waals surface area contributed by atoms with Crippen molar-refractivity contribution >= 4 is 11.8 Å². The van der Waals surface area contributed by atoms with E-state index in [1.807, 2.05) is 30.3 Å². The van der Waals surface area contributed by atoms with Gasteiger partial charge in [0.1, 0.15) is 0 Å². The minimum absolute atomic E-state index is 0.245. The van der Waals surface area contributed by atoms with Crippen LogP contribution in [0.4, 0.5) is 0 Å². The first-order valence-electron chi connectivity index (χ1n) is 9.85. The van der Waals surface area contributed by atoms with E-state index < -0.39 is 5.41 Å². The zero-order chi connectivity index (χ0) is 19.4. The van der Waals surface area contributed by atoms with E-state index >= 15 is 0 Å². The molecule has 0 radical (unpaired) electrons. The number of hydrogen-bond acceptors (Lipinski definition) is 5.